The first kappa shape index (κ1) is 17.2. The van der Waals surface area contributed by atoms with Crippen molar-refractivity contribution in [1.29, 1.82) is 0 Å². The standard InChI is InChI=1S/C13H17N3O6S/c1-15(10-7-6-9(8-10)14-13(17)18)23(21,22)12-5-3-2-4-11(12)16(19)20/h2-5,9-10,14H,6-8H2,1H3,(H,17,18)/t9-,10+/m0/s1. The number of para-hydroxylation sites is 1. The van der Waals surface area contributed by atoms with Crippen LogP contribution in [0.25, 0.3) is 0 Å². The lowest BCUT2D eigenvalue weighted by atomic mass is 10.2. The van der Waals surface area contributed by atoms with Gasteiger partial charge in [0.1, 0.15) is 0 Å². The van der Waals surface area contributed by atoms with Crippen LogP contribution in [0.4, 0.5) is 10.5 Å². The minimum atomic E-state index is -4.03. The fraction of sp³-hybridized carbons (Fsp3) is 0.462. The molecule has 0 saturated heterocycles. The van der Waals surface area contributed by atoms with Gasteiger partial charge in [-0.3, -0.25) is 10.1 Å². The molecule has 10 heteroatoms. The maximum atomic E-state index is 12.7. The van der Waals surface area contributed by atoms with E-state index in [2.05, 4.69) is 5.32 Å². The molecule has 126 valence electrons. The van der Waals surface area contributed by atoms with Crippen molar-refractivity contribution < 1.29 is 23.2 Å². The zero-order valence-corrected chi connectivity index (χ0v) is 13.2. The number of nitro benzene ring substituents is 1. The monoisotopic (exact) mass is 343 g/mol. The lowest BCUT2D eigenvalue weighted by Crippen LogP contribution is -2.38. The van der Waals surface area contributed by atoms with Gasteiger partial charge in [-0.15, -0.1) is 0 Å². The second-order valence-corrected chi connectivity index (χ2v) is 7.33. The van der Waals surface area contributed by atoms with Crippen molar-refractivity contribution in [3.8, 4) is 0 Å². The van der Waals surface area contributed by atoms with Gasteiger partial charge < -0.3 is 10.4 Å². The number of nitrogens with one attached hydrogen (secondary N) is 1. The maximum absolute atomic E-state index is 12.7. The van der Waals surface area contributed by atoms with Crippen LogP contribution in [0.15, 0.2) is 29.2 Å². The molecular formula is C13H17N3O6S. The third-order valence-corrected chi connectivity index (χ3v) is 5.92. The summed E-state index contributed by atoms with van der Waals surface area (Å²) < 4.78 is 26.4. The van der Waals surface area contributed by atoms with Crippen LogP contribution < -0.4 is 5.32 Å². The van der Waals surface area contributed by atoms with Crippen LogP contribution in [0.3, 0.4) is 0 Å². The molecule has 0 radical (unpaired) electrons. The Morgan fingerprint density at radius 3 is 2.65 bits per heavy atom. The summed E-state index contributed by atoms with van der Waals surface area (Å²) >= 11 is 0. The van der Waals surface area contributed by atoms with E-state index in [0.717, 1.165) is 10.4 Å². The number of nitrogens with zero attached hydrogens (tertiary/aromatic N) is 2. The van der Waals surface area contributed by atoms with Crippen LogP contribution in [0.2, 0.25) is 0 Å². The SMILES string of the molecule is CN([C@@H]1CC[C@H](NC(=O)O)C1)S(=O)(=O)c1ccccc1[N+](=O)[O-]. The predicted octanol–water partition coefficient (Wildman–Crippen LogP) is 1.40. The molecule has 0 aromatic heterocycles. The van der Waals surface area contributed by atoms with Crippen LogP contribution in [-0.4, -0.2) is 48.0 Å². The summed E-state index contributed by atoms with van der Waals surface area (Å²) in [6.45, 7) is 0. The summed E-state index contributed by atoms with van der Waals surface area (Å²) in [5.41, 5.74) is -0.474. The molecular weight excluding hydrogens is 326 g/mol. The Morgan fingerprint density at radius 1 is 1.39 bits per heavy atom. The first-order chi connectivity index (χ1) is 10.7. The molecule has 1 aromatic carbocycles. The van der Waals surface area contributed by atoms with Gasteiger partial charge in [0.2, 0.25) is 10.0 Å². The van der Waals surface area contributed by atoms with Gasteiger partial charge >= 0.3 is 6.09 Å². The summed E-state index contributed by atoms with van der Waals surface area (Å²) in [7, 11) is -2.67. The number of carboxylic acid groups (broad SMARTS) is 1. The van der Waals surface area contributed by atoms with E-state index in [0.29, 0.717) is 19.3 Å². The summed E-state index contributed by atoms with van der Waals surface area (Å²) in [6.07, 6.45) is 0.192. The van der Waals surface area contributed by atoms with Crippen LogP contribution >= 0.6 is 0 Å². The zero-order chi connectivity index (χ0) is 17.2. The predicted molar refractivity (Wildman–Crippen MR) is 80.6 cm³/mol. The third-order valence-electron chi connectivity index (χ3n) is 3.97. The maximum Gasteiger partial charge on any atom is 0.404 e. The zero-order valence-electron chi connectivity index (χ0n) is 12.4. The van der Waals surface area contributed by atoms with Crippen LogP contribution in [-0.2, 0) is 10.0 Å². The van der Waals surface area contributed by atoms with E-state index in [1.165, 1.54) is 25.2 Å². The van der Waals surface area contributed by atoms with Crippen molar-refractivity contribution in [2.75, 3.05) is 7.05 Å². The first-order valence-corrected chi connectivity index (χ1v) is 8.38. The van der Waals surface area contributed by atoms with E-state index in [4.69, 9.17) is 5.11 Å². The third kappa shape index (κ3) is 3.59. The van der Waals surface area contributed by atoms with Crippen LogP contribution in [0, 0.1) is 10.1 Å². The topological polar surface area (TPSA) is 130 Å². The lowest BCUT2D eigenvalue weighted by molar-refractivity contribution is -0.387. The highest BCUT2D eigenvalue weighted by Gasteiger charge is 2.37. The number of rotatable bonds is 5. The van der Waals surface area contributed by atoms with Crippen molar-refractivity contribution in [1.82, 2.24) is 9.62 Å². The Balaban J connectivity index is 2.24. The number of carbonyl (C=O) groups is 1. The van der Waals surface area contributed by atoms with Crippen molar-refractivity contribution in [2.24, 2.45) is 0 Å². The molecule has 23 heavy (non-hydrogen) atoms. The molecule has 1 saturated carbocycles. The molecule has 0 aliphatic heterocycles. The van der Waals surface area contributed by atoms with Gasteiger partial charge in [0.15, 0.2) is 4.90 Å². The van der Waals surface area contributed by atoms with E-state index < -0.39 is 32.8 Å². The molecule has 0 spiro atoms. The van der Waals surface area contributed by atoms with Crippen molar-refractivity contribution >= 4 is 21.8 Å². The minimum absolute atomic E-state index is 0.319. The second-order valence-electron chi connectivity index (χ2n) is 5.36. The molecule has 1 amide bonds. The number of hydrogen-bond donors (Lipinski definition) is 2. The molecule has 1 aliphatic rings. The van der Waals surface area contributed by atoms with Crippen LogP contribution in [0.1, 0.15) is 19.3 Å². The average Bonchev–Trinajstić information content (AvgIpc) is 2.93. The van der Waals surface area contributed by atoms with Gasteiger partial charge in [0.05, 0.1) is 4.92 Å². The molecule has 1 aromatic rings. The minimum Gasteiger partial charge on any atom is -0.465 e. The van der Waals surface area contributed by atoms with E-state index in [1.807, 2.05) is 0 Å². The normalized spacial score (nSPS) is 21.3. The van der Waals surface area contributed by atoms with Gasteiger partial charge in [0, 0.05) is 25.2 Å². The summed E-state index contributed by atoms with van der Waals surface area (Å²) in [4.78, 5) is 20.6. The van der Waals surface area contributed by atoms with Gasteiger partial charge in [-0.2, -0.15) is 4.31 Å². The fourth-order valence-corrected chi connectivity index (χ4v) is 4.32. The Morgan fingerprint density at radius 2 is 2.04 bits per heavy atom. The summed E-state index contributed by atoms with van der Waals surface area (Å²) in [5.74, 6) is 0. The summed E-state index contributed by atoms with van der Waals surface area (Å²) in [5, 5.41) is 22.1. The van der Waals surface area contributed by atoms with E-state index in [9.17, 15) is 23.3 Å². The highest BCUT2D eigenvalue weighted by atomic mass is 32.2. The second kappa shape index (κ2) is 6.50. The molecule has 0 heterocycles. The average molecular weight is 343 g/mol. The number of nitro groups is 1. The van der Waals surface area contributed by atoms with E-state index in [1.54, 1.807) is 0 Å². The molecule has 1 fully saturated rings. The highest BCUT2D eigenvalue weighted by Crippen LogP contribution is 2.31. The Kier molecular flexibility index (Phi) is 4.85. The number of amides is 1. The van der Waals surface area contributed by atoms with E-state index >= 15 is 0 Å². The Labute approximate surface area is 133 Å². The van der Waals surface area contributed by atoms with Crippen LogP contribution in [0.5, 0.6) is 0 Å². The van der Waals surface area contributed by atoms with Crippen molar-refractivity contribution in [2.45, 2.75) is 36.2 Å². The molecule has 2 atom stereocenters. The molecule has 0 bridgehead atoms. The van der Waals surface area contributed by atoms with Gasteiger partial charge in [-0.05, 0) is 25.3 Å². The molecule has 0 unspecified atom stereocenters. The summed E-state index contributed by atoms with van der Waals surface area (Å²) in [6, 6.07) is 4.45. The van der Waals surface area contributed by atoms with Gasteiger partial charge in [-0.25, -0.2) is 13.2 Å². The molecule has 9 nitrogen and oxygen atoms in total. The van der Waals surface area contributed by atoms with Crippen molar-refractivity contribution in [3.63, 3.8) is 0 Å². The quantitative estimate of drug-likeness (QED) is 0.614. The lowest BCUT2D eigenvalue weighted by Gasteiger charge is -2.23. The molecule has 2 N–H and O–H groups in total. The molecule has 1 aliphatic carbocycles. The number of hydrogen-bond acceptors (Lipinski definition) is 5. The Bertz CT molecular complexity index is 720. The first-order valence-electron chi connectivity index (χ1n) is 6.94. The van der Waals surface area contributed by atoms with Gasteiger partial charge in [-0.1, -0.05) is 12.1 Å². The molecule has 2 rings (SSSR count). The number of sulfonamides is 1. The van der Waals surface area contributed by atoms with Crippen molar-refractivity contribution in [3.05, 3.63) is 34.4 Å². The number of benzene rings is 1. The Hall–Kier alpha value is -2.20. The largest absolute Gasteiger partial charge is 0.465 e. The highest BCUT2D eigenvalue weighted by molar-refractivity contribution is 7.89. The van der Waals surface area contributed by atoms with Gasteiger partial charge in [0.25, 0.3) is 5.69 Å². The smallest absolute Gasteiger partial charge is 0.404 e. The van der Waals surface area contributed by atoms with E-state index in [-0.39, 0.29) is 10.9 Å². The fourth-order valence-electron chi connectivity index (χ4n) is 2.77.